The molecule has 0 aliphatic carbocycles. The fourth-order valence-electron chi connectivity index (χ4n) is 3.33. The van der Waals surface area contributed by atoms with Crippen LogP contribution in [0.4, 0.5) is 5.69 Å². The van der Waals surface area contributed by atoms with E-state index in [-0.39, 0.29) is 29.9 Å². The van der Waals surface area contributed by atoms with E-state index in [1.54, 1.807) is 7.11 Å². The van der Waals surface area contributed by atoms with Crippen molar-refractivity contribution in [3.63, 3.8) is 0 Å². The van der Waals surface area contributed by atoms with Crippen LogP contribution in [0.3, 0.4) is 0 Å². The molecule has 0 bridgehead atoms. The van der Waals surface area contributed by atoms with Crippen molar-refractivity contribution in [3.05, 3.63) is 29.8 Å². The molecule has 30 heavy (non-hydrogen) atoms. The van der Waals surface area contributed by atoms with Gasteiger partial charge in [0.1, 0.15) is 0 Å². The normalized spacial score (nSPS) is 14.6. The number of carbonyl (C=O) groups is 1. The summed E-state index contributed by atoms with van der Waals surface area (Å²) in [4.78, 5) is 20.9. The lowest BCUT2D eigenvalue weighted by Gasteiger charge is -2.26. The van der Waals surface area contributed by atoms with Gasteiger partial charge in [-0.1, -0.05) is 12.1 Å². The first-order chi connectivity index (χ1) is 14.1. The second-order valence-electron chi connectivity index (χ2n) is 7.44. The predicted molar refractivity (Wildman–Crippen MR) is 135 cm³/mol. The van der Waals surface area contributed by atoms with Gasteiger partial charge in [-0.3, -0.25) is 4.79 Å². The van der Waals surface area contributed by atoms with E-state index in [1.807, 2.05) is 17.0 Å². The minimum absolute atomic E-state index is 0. The number of amides is 1. The van der Waals surface area contributed by atoms with Gasteiger partial charge in [-0.2, -0.15) is 0 Å². The molecule has 0 saturated carbocycles. The lowest BCUT2D eigenvalue weighted by Crippen LogP contribution is -2.41. The van der Waals surface area contributed by atoms with Crippen molar-refractivity contribution in [3.8, 4) is 0 Å². The van der Waals surface area contributed by atoms with Crippen molar-refractivity contribution in [2.75, 3.05) is 58.4 Å². The summed E-state index contributed by atoms with van der Waals surface area (Å²) in [5, 5.41) is 6.69. The highest BCUT2D eigenvalue weighted by atomic mass is 127. The molecule has 0 aromatic heterocycles. The Morgan fingerprint density at radius 3 is 2.63 bits per heavy atom. The molecule has 2 rings (SSSR count). The van der Waals surface area contributed by atoms with Crippen LogP contribution in [-0.2, 0) is 16.1 Å². The summed E-state index contributed by atoms with van der Waals surface area (Å²) in [7, 11) is 3.86. The van der Waals surface area contributed by atoms with Gasteiger partial charge in [-0.15, -0.1) is 24.0 Å². The monoisotopic (exact) mass is 531 g/mol. The molecule has 0 radical (unpaired) electrons. The van der Waals surface area contributed by atoms with Crippen LogP contribution in [0, 0.1) is 0 Å². The second-order valence-corrected chi connectivity index (χ2v) is 7.44. The molecule has 1 amide bonds. The van der Waals surface area contributed by atoms with E-state index in [2.05, 4.69) is 46.6 Å². The Balaban J connectivity index is 0.00000450. The van der Waals surface area contributed by atoms with Crippen LogP contribution >= 0.6 is 24.0 Å². The third kappa shape index (κ3) is 9.61. The maximum atomic E-state index is 12.1. The number of likely N-dealkylation sites (N-methyl/N-ethyl adjacent to an activating group) is 1. The number of nitrogens with zero attached hydrogens (tertiary/aromatic N) is 3. The largest absolute Gasteiger partial charge is 0.385 e. The maximum Gasteiger partial charge on any atom is 0.226 e. The molecular formula is C22H38IN5O2. The number of hydrogen-bond acceptors (Lipinski definition) is 4. The lowest BCUT2D eigenvalue weighted by molar-refractivity contribution is -0.119. The van der Waals surface area contributed by atoms with E-state index in [1.165, 1.54) is 0 Å². The van der Waals surface area contributed by atoms with Gasteiger partial charge < -0.3 is 25.2 Å². The Morgan fingerprint density at radius 1 is 1.20 bits per heavy atom. The zero-order valence-corrected chi connectivity index (χ0v) is 21.0. The number of piperidine rings is 1. The van der Waals surface area contributed by atoms with E-state index in [4.69, 9.17) is 4.74 Å². The van der Waals surface area contributed by atoms with E-state index < -0.39 is 0 Å². The standard InChI is InChI=1S/C22H37N5O2.HI/c1-4-23-22(24-13-16-26(2)14-7-17-29-3)25-18-19-9-11-20(12-10-19)27-15-6-5-8-21(27)28;/h9-12H,4-8,13-18H2,1-3H3,(H2,23,24,25);1H. The molecule has 0 unspecified atom stereocenters. The van der Waals surface area contributed by atoms with Crippen LogP contribution in [0.1, 0.15) is 38.2 Å². The first kappa shape index (κ1) is 26.6. The van der Waals surface area contributed by atoms with Gasteiger partial charge in [0, 0.05) is 58.5 Å². The number of halogens is 1. The number of benzene rings is 1. The molecular weight excluding hydrogens is 493 g/mol. The third-order valence-corrected chi connectivity index (χ3v) is 5.01. The van der Waals surface area contributed by atoms with Crippen LogP contribution in [0.2, 0.25) is 0 Å². The SMILES string of the molecule is CCNC(=NCc1ccc(N2CCCCC2=O)cc1)NCCN(C)CCCOC.I. The Morgan fingerprint density at radius 2 is 1.97 bits per heavy atom. The molecule has 1 aliphatic heterocycles. The first-order valence-corrected chi connectivity index (χ1v) is 10.7. The molecule has 170 valence electrons. The molecule has 1 aromatic carbocycles. The molecule has 1 aliphatic rings. The maximum absolute atomic E-state index is 12.1. The number of guanidine groups is 1. The van der Waals surface area contributed by atoms with E-state index >= 15 is 0 Å². The highest BCUT2D eigenvalue weighted by Crippen LogP contribution is 2.21. The number of carbonyl (C=O) groups excluding carboxylic acids is 1. The summed E-state index contributed by atoms with van der Waals surface area (Å²) in [5.41, 5.74) is 2.12. The average Bonchev–Trinajstić information content (AvgIpc) is 2.73. The molecule has 1 fully saturated rings. The average molecular weight is 531 g/mol. The third-order valence-electron chi connectivity index (χ3n) is 5.01. The predicted octanol–water partition coefficient (Wildman–Crippen LogP) is 2.84. The Hall–Kier alpha value is -1.39. The summed E-state index contributed by atoms with van der Waals surface area (Å²) < 4.78 is 5.10. The molecule has 0 atom stereocenters. The number of nitrogens with one attached hydrogen (secondary N) is 2. The lowest BCUT2D eigenvalue weighted by atomic mass is 10.1. The topological polar surface area (TPSA) is 69.2 Å². The minimum Gasteiger partial charge on any atom is -0.385 e. The number of aliphatic imine (C=N–C) groups is 1. The summed E-state index contributed by atoms with van der Waals surface area (Å²) in [6.07, 6.45) is 3.79. The van der Waals surface area contributed by atoms with Gasteiger partial charge >= 0.3 is 0 Å². The van der Waals surface area contributed by atoms with Gasteiger partial charge in [-0.05, 0) is 50.9 Å². The molecule has 1 heterocycles. The second kappa shape index (κ2) is 15.4. The van der Waals surface area contributed by atoms with Crippen molar-refractivity contribution >= 4 is 41.5 Å². The summed E-state index contributed by atoms with van der Waals surface area (Å²) in [6, 6.07) is 8.19. The highest BCUT2D eigenvalue weighted by Gasteiger charge is 2.19. The van der Waals surface area contributed by atoms with Crippen LogP contribution in [-0.4, -0.2) is 70.3 Å². The number of rotatable bonds is 11. The zero-order chi connectivity index (χ0) is 20.9. The summed E-state index contributed by atoms with van der Waals surface area (Å²) >= 11 is 0. The van der Waals surface area contributed by atoms with Crippen LogP contribution in [0.15, 0.2) is 29.3 Å². The smallest absolute Gasteiger partial charge is 0.226 e. The quantitative estimate of drug-likeness (QED) is 0.199. The van der Waals surface area contributed by atoms with Crippen LogP contribution in [0.5, 0.6) is 0 Å². The fourth-order valence-corrected chi connectivity index (χ4v) is 3.33. The zero-order valence-electron chi connectivity index (χ0n) is 18.7. The van der Waals surface area contributed by atoms with E-state index in [0.717, 1.165) is 75.8 Å². The Bertz CT molecular complexity index is 639. The minimum atomic E-state index is 0. The molecule has 2 N–H and O–H groups in total. The first-order valence-electron chi connectivity index (χ1n) is 10.7. The van der Waals surface area contributed by atoms with E-state index in [9.17, 15) is 4.79 Å². The van der Waals surface area contributed by atoms with Crippen LogP contribution in [0.25, 0.3) is 0 Å². The van der Waals surface area contributed by atoms with Gasteiger partial charge in [0.25, 0.3) is 0 Å². The number of ether oxygens (including phenoxy) is 1. The van der Waals surface area contributed by atoms with Crippen molar-refractivity contribution in [2.45, 2.75) is 39.2 Å². The molecule has 1 saturated heterocycles. The summed E-state index contributed by atoms with van der Waals surface area (Å²) in [6.45, 7) is 7.93. The van der Waals surface area contributed by atoms with Crippen LogP contribution < -0.4 is 15.5 Å². The molecule has 1 aromatic rings. The molecule has 8 heteroatoms. The van der Waals surface area contributed by atoms with Crippen molar-refractivity contribution in [1.29, 1.82) is 0 Å². The molecule has 7 nitrogen and oxygen atoms in total. The van der Waals surface area contributed by atoms with Gasteiger partial charge in [0.05, 0.1) is 6.54 Å². The van der Waals surface area contributed by atoms with Gasteiger partial charge in [-0.25, -0.2) is 4.99 Å². The fraction of sp³-hybridized carbons (Fsp3) is 0.636. The summed E-state index contributed by atoms with van der Waals surface area (Å²) in [5.74, 6) is 1.06. The van der Waals surface area contributed by atoms with Crippen molar-refractivity contribution < 1.29 is 9.53 Å². The highest BCUT2D eigenvalue weighted by molar-refractivity contribution is 14.0. The van der Waals surface area contributed by atoms with Crippen molar-refractivity contribution in [1.82, 2.24) is 15.5 Å². The molecule has 0 spiro atoms. The Labute approximate surface area is 198 Å². The Kier molecular flexibility index (Phi) is 13.7. The van der Waals surface area contributed by atoms with E-state index in [0.29, 0.717) is 13.0 Å². The van der Waals surface area contributed by atoms with Crippen molar-refractivity contribution in [2.24, 2.45) is 4.99 Å². The number of methoxy groups -OCH3 is 1. The van der Waals surface area contributed by atoms with Gasteiger partial charge in [0.2, 0.25) is 5.91 Å². The number of anilines is 1. The van der Waals surface area contributed by atoms with Gasteiger partial charge in [0.15, 0.2) is 5.96 Å². The number of hydrogen-bond donors (Lipinski definition) is 2.